The van der Waals surface area contributed by atoms with Crippen LogP contribution in [0, 0.1) is 6.07 Å². The molecule has 0 aliphatic rings. The summed E-state index contributed by atoms with van der Waals surface area (Å²) in [5.41, 5.74) is 5.79. The Labute approximate surface area is 58.0 Å². The van der Waals surface area contributed by atoms with Crippen LogP contribution < -0.4 is 5.73 Å². The van der Waals surface area contributed by atoms with Gasteiger partial charge < -0.3 is 10.9 Å². The van der Waals surface area contributed by atoms with Gasteiger partial charge in [0.05, 0.1) is 0 Å². The second-order valence-corrected chi connectivity index (χ2v) is 1.66. The molecule has 0 amide bonds. The van der Waals surface area contributed by atoms with E-state index in [-0.39, 0.29) is 5.84 Å². The molecule has 0 aliphatic carbocycles. The van der Waals surface area contributed by atoms with Gasteiger partial charge in [0.15, 0.2) is 5.84 Å². The van der Waals surface area contributed by atoms with Crippen molar-refractivity contribution in [2.45, 2.75) is 0 Å². The summed E-state index contributed by atoms with van der Waals surface area (Å²) >= 11 is 0. The molecule has 1 rings (SSSR count). The molecule has 1 aromatic heterocycles. The number of hydrogen-bond acceptors (Lipinski definition) is 3. The van der Waals surface area contributed by atoms with E-state index in [0.29, 0.717) is 5.56 Å². The van der Waals surface area contributed by atoms with Crippen molar-refractivity contribution < 1.29 is 5.21 Å². The zero-order chi connectivity index (χ0) is 7.40. The van der Waals surface area contributed by atoms with Crippen LogP contribution in [0.15, 0.2) is 23.6 Å². The standard InChI is InChI=1S/C6H6N3O/c7-6(9-10)5-2-1-3-8-4-5/h2-4,10H,(H2,7,9). The first kappa shape index (κ1) is 6.54. The number of hydrogen-bond donors (Lipinski definition) is 2. The van der Waals surface area contributed by atoms with Crippen molar-refractivity contribution in [2.24, 2.45) is 10.9 Å². The molecule has 0 bridgehead atoms. The highest BCUT2D eigenvalue weighted by Crippen LogP contribution is 1.92. The zero-order valence-electron chi connectivity index (χ0n) is 5.15. The van der Waals surface area contributed by atoms with E-state index in [1.165, 1.54) is 12.4 Å². The SMILES string of the molecule is N/C(=N/O)c1c[c]cnc1. The summed E-state index contributed by atoms with van der Waals surface area (Å²) < 4.78 is 0. The van der Waals surface area contributed by atoms with E-state index in [9.17, 15) is 0 Å². The molecule has 1 heterocycles. The molecular formula is C6H6N3O. The van der Waals surface area contributed by atoms with Gasteiger partial charge in [-0.1, -0.05) is 5.16 Å². The molecule has 1 aromatic rings. The Morgan fingerprint density at radius 3 is 3.10 bits per heavy atom. The molecule has 3 N–H and O–H groups in total. The van der Waals surface area contributed by atoms with Crippen molar-refractivity contribution in [3.63, 3.8) is 0 Å². The molecule has 4 heteroatoms. The molecule has 1 radical (unpaired) electrons. The fourth-order valence-corrected chi connectivity index (χ4v) is 0.523. The van der Waals surface area contributed by atoms with Crippen molar-refractivity contribution in [2.75, 3.05) is 0 Å². The molecule has 10 heavy (non-hydrogen) atoms. The zero-order valence-corrected chi connectivity index (χ0v) is 5.15. The van der Waals surface area contributed by atoms with E-state index in [1.807, 2.05) is 0 Å². The first-order valence-electron chi connectivity index (χ1n) is 2.63. The van der Waals surface area contributed by atoms with Crippen molar-refractivity contribution in [3.8, 4) is 0 Å². The molecule has 51 valence electrons. The molecule has 0 spiro atoms. The first-order valence-corrected chi connectivity index (χ1v) is 2.63. The third-order valence-electron chi connectivity index (χ3n) is 1.01. The van der Waals surface area contributed by atoms with Gasteiger partial charge >= 0.3 is 0 Å². The van der Waals surface area contributed by atoms with Gasteiger partial charge in [-0.15, -0.1) is 0 Å². The van der Waals surface area contributed by atoms with Crippen molar-refractivity contribution in [1.29, 1.82) is 0 Å². The predicted octanol–water partition coefficient (Wildman–Crippen LogP) is -0.0237. The Morgan fingerprint density at radius 1 is 1.80 bits per heavy atom. The molecule has 0 atom stereocenters. The van der Waals surface area contributed by atoms with Gasteiger partial charge in [0, 0.05) is 24.0 Å². The summed E-state index contributed by atoms with van der Waals surface area (Å²) in [6.45, 7) is 0. The van der Waals surface area contributed by atoms with E-state index in [0.717, 1.165) is 0 Å². The summed E-state index contributed by atoms with van der Waals surface area (Å²) in [6, 6.07) is 4.28. The average molecular weight is 136 g/mol. The van der Waals surface area contributed by atoms with Gasteiger partial charge in [0.2, 0.25) is 0 Å². The number of pyridine rings is 1. The number of oxime groups is 1. The average Bonchev–Trinajstić information content (AvgIpc) is 2.05. The molecule has 0 saturated heterocycles. The number of nitrogens with zero attached hydrogens (tertiary/aromatic N) is 2. The molecule has 0 unspecified atom stereocenters. The highest BCUT2D eigenvalue weighted by atomic mass is 16.4. The van der Waals surface area contributed by atoms with Crippen LogP contribution in [-0.2, 0) is 0 Å². The minimum Gasteiger partial charge on any atom is -0.409 e. The molecular weight excluding hydrogens is 130 g/mol. The van der Waals surface area contributed by atoms with Crippen LogP contribution in [-0.4, -0.2) is 16.0 Å². The largest absolute Gasteiger partial charge is 0.409 e. The number of nitrogens with two attached hydrogens (primary N) is 1. The third-order valence-corrected chi connectivity index (χ3v) is 1.01. The summed E-state index contributed by atoms with van der Waals surface area (Å²) in [6.07, 6.45) is 2.99. The lowest BCUT2D eigenvalue weighted by molar-refractivity contribution is 0.318. The monoisotopic (exact) mass is 136 g/mol. The van der Waals surface area contributed by atoms with E-state index >= 15 is 0 Å². The van der Waals surface area contributed by atoms with Gasteiger partial charge in [-0.3, -0.25) is 4.98 Å². The molecule has 0 fully saturated rings. The van der Waals surface area contributed by atoms with Crippen molar-refractivity contribution >= 4 is 5.84 Å². The Bertz CT molecular complexity index is 232. The Hall–Kier alpha value is -1.58. The normalized spacial score (nSPS) is 11.4. The molecule has 0 saturated carbocycles. The summed E-state index contributed by atoms with van der Waals surface area (Å²) in [5, 5.41) is 11.0. The van der Waals surface area contributed by atoms with E-state index in [1.54, 1.807) is 6.07 Å². The highest BCUT2D eigenvalue weighted by Gasteiger charge is 1.94. The summed E-state index contributed by atoms with van der Waals surface area (Å²) in [5.74, 6) is 0.0457. The van der Waals surface area contributed by atoms with Crippen LogP contribution in [0.3, 0.4) is 0 Å². The quantitative estimate of drug-likeness (QED) is 0.246. The minimum atomic E-state index is 0.0457. The van der Waals surface area contributed by atoms with Gasteiger partial charge in [-0.25, -0.2) is 0 Å². The van der Waals surface area contributed by atoms with E-state index in [4.69, 9.17) is 10.9 Å². The van der Waals surface area contributed by atoms with Crippen LogP contribution in [0.2, 0.25) is 0 Å². The first-order chi connectivity index (χ1) is 4.84. The van der Waals surface area contributed by atoms with Gasteiger partial charge in [0.25, 0.3) is 0 Å². The topological polar surface area (TPSA) is 71.5 Å². The number of rotatable bonds is 1. The molecule has 0 aliphatic heterocycles. The maximum atomic E-state index is 8.21. The van der Waals surface area contributed by atoms with Crippen LogP contribution in [0.1, 0.15) is 5.56 Å². The lowest BCUT2D eigenvalue weighted by atomic mass is 10.3. The van der Waals surface area contributed by atoms with E-state index < -0.39 is 0 Å². The Morgan fingerprint density at radius 2 is 2.60 bits per heavy atom. The smallest absolute Gasteiger partial charge is 0.171 e. The van der Waals surface area contributed by atoms with Gasteiger partial charge in [0.1, 0.15) is 0 Å². The third kappa shape index (κ3) is 1.22. The Balaban J connectivity index is 2.96. The molecule has 4 nitrogen and oxygen atoms in total. The number of aromatic nitrogens is 1. The Kier molecular flexibility index (Phi) is 1.84. The predicted molar refractivity (Wildman–Crippen MR) is 35.6 cm³/mol. The van der Waals surface area contributed by atoms with Crippen LogP contribution >= 0.6 is 0 Å². The van der Waals surface area contributed by atoms with Gasteiger partial charge in [-0.05, 0) is 6.07 Å². The maximum Gasteiger partial charge on any atom is 0.171 e. The van der Waals surface area contributed by atoms with Crippen LogP contribution in [0.5, 0.6) is 0 Å². The lowest BCUT2D eigenvalue weighted by Gasteiger charge is -1.93. The van der Waals surface area contributed by atoms with Crippen molar-refractivity contribution in [3.05, 3.63) is 30.1 Å². The number of amidine groups is 1. The second kappa shape index (κ2) is 2.82. The molecule has 0 aromatic carbocycles. The highest BCUT2D eigenvalue weighted by molar-refractivity contribution is 5.96. The van der Waals surface area contributed by atoms with Crippen LogP contribution in [0.25, 0.3) is 0 Å². The van der Waals surface area contributed by atoms with E-state index in [2.05, 4.69) is 16.2 Å². The lowest BCUT2D eigenvalue weighted by Crippen LogP contribution is -2.12. The fraction of sp³-hybridized carbons (Fsp3) is 0. The summed E-state index contributed by atoms with van der Waals surface area (Å²) in [4.78, 5) is 3.73. The second-order valence-electron chi connectivity index (χ2n) is 1.66. The summed E-state index contributed by atoms with van der Waals surface area (Å²) in [7, 11) is 0. The van der Waals surface area contributed by atoms with Crippen molar-refractivity contribution in [1.82, 2.24) is 4.98 Å². The van der Waals surface area contributed by atoms with Crippen LogP contribution in [0.4, 0.5) is 0 Å². The maximum absolute atomic E-state index is 8.21. The fourth-order valence-electron chi connectivity index (χ4n) is 0.523. The minimum absolute atomic E-state index is 0.0457. The van der Waals surface area contributed by atoms with Gasteiger partial charge in [-0.2, -0.15) is 0 Å².